The van der Waals surface area contributed by atoms with Crippen LogP contribution >= 0.6 is 0 Å². The summed E-state index contributed by atoms with van der Waals surface area (Å²) >= 11 is 0. The Morgan fingerprint density at radius 2 is 0.524 bits per heavy atom. The second kappa shape index (κ2) is 32.1. The van der Waals surface area contributed by atoms with Crippen LogP contribution in [0.4, 0.5) is 0 Å². The minimum absolute atomic E-state index is 1.36. The summed E-state index contributed by atoms with van der Waals surface area (Å²) in [5, 5.41) is 2.75. The predicted octanol–water partition coefficient (Wildman–Crippen LogP) is 7.35. The Bertz CT molecular complexity index is 111. The highest BCUT2D eigenvalue weighted by Crippen LogP contribution is 2.08. The summed E-state index contributed by atoms with van der Waals surface area (Å²) in [4.78, 5) is 0. The van der Waals surface area contributed by atoms with E-state index in [0.29, 0.717) is 0 Å². The van der Waals surface area contributed by atoms with Gasteiger partial charge in [-0.2, -0.15) is 0 Å². The monoisotopic (exact) mass is 301 g/mol. The number of unbranched alkanes of at least 4 members (excludes halogenated alkanes) is 12. The summed E-state index contributed by atoms with van der Waals surface area (Å²) in [6, 6.07) is 0. The molecule has 0 unspecified atom stereocenters. The second-order valence-corrected chi connectivity index (χ2v) is 6.04. The maximum absolute atomic E-state index is 2.75. The average molecular weight is 302 g/mol. The van der Waals surface area contributed by atoms with E-state index in [2.05, 4.69) is 33.0 Å². The van der Waals surface area contributed by atoms with Crippen molar-refractivity contribution in [3.8, 4) is 0 Å². The highest BCUT2D eigenvalue weighted by Gasteiger charge is 1.89. The van der Waals surface area contributed by atoms with Crippen LogP contribution in [-0.4, -0.2) is 14.1 Å². The van der Waals surface area contributed by atoms with E-state index in [9.17, 15) is 0 Å². The Labute approximate surface area is 137 Å². The molecule has 132 valence electrons. The molecule has 0 aliphatic rings. The topological polar surface area (TPSA) is 12.0 Å². The summed E-state index contributed by atoms with van der Waals surface area (Å²) in [6.45, 7) is 9.04. The fourth-order valence-electron chi connectivity index (χ4n) is 2.06. The van der Waals surface area contributed by atoms with Crippen molar-refractivity contribution in [3.63, 3.8) is 0 Å². The van der Waals surface area contributed by atoms with E-state index in [4.69, 9.17) is 0 Å². The van der Waals surface area contributed by atoms with E-state index in [1.165, 1.54) is 89.9 Å². The van der Waals surface area contributed by atoms with Crippen LogP contribution in [0.2, 0.25) is 0 Å². The number of nitrogens with one attached hydrogen (secondary N) is 1. The van der Waals surface area contributed by atoms with Gasteiger partial charge in [0.15, 0.2) is 0 Å². The first-order valence-electron chi connectivity index (χ1n) is 9.83. The van der Waals surface area contributed by atoms with Crippen LogP contribution in [0.1, 0.15) is 118 Å². The van der Waals surface area contributed by atoms with Gasteiger partial charge in [-0.25, -0.2) is 0 Å². The molecule has 1 nitrogen and oxygen atoms in total. The molecule has 0 rings (SSSR count). The first kappa shape index (κ1) is 25.9. The Morgan fingerprint density at radius 1 is 0.381 bits per heavy atom. The third kappa shape index (κ3) is 45.0. The Morgan fingerprint density at radius 3 is 0.714 bits per heavy atom. The van der Waals surface area contributed by atoms with Gasteiger partial charge >= 0.3 is 0 Å². The van der Waals surface area contributed by atoms with Gasteiger partial charge in [-0.3, -0.25) is 0 Å². The van der Waals surface area contributed by atoms with Gasteiger partial charge < -0.3 is 5.32 Å². The Kier molecular flexibility index (Phi) is 39.5. The van der Waals surface area contributed by atoms with E-state index in [1.54, 1.807) is 0 Å². The molecule has 0 aliphatic heterocycles. The van der Waals surface area contributed by atoms with Crippen molar-refractivity contribution in [2.24, 2.45) is 0 Å². The van der Waals surface area contributed by atoms with Gasteiger partial charge in [-0.05, 0) is 14.1 Å². The molecule has 0 aliphatic carbocycles. The molecule has 0 aromatic heterocycles. The van der Waals surface area contributed by atoms with Gasteiger partial charge in [0, 0.05) is 0 Å². The first-order valence-corrected chi connectivity index (χ1v) is 9.83. The van der Waals surface area contributed by atoms with Gasteiger partial charge in [0.25, 0.3) is 0 Å². The van der Waals surface area contributed by atoms with Crippen molar-refractivity contribution in [2.75, 3.05) is 14.1 Å². The van der Waals surface area contributed by atoms with E-state index in [0.717, 1.165) is 0 Å². The first-order chi connectivity index (χ1) is 10.2. The zero-order chi connectivity index (χ0) is 16.6. The van der Waals surface area contributed by atoms with Crippen LogP contribution < -0.4 is 5.32 Å². The summed E-state index contributed by atoms with van der Waals surface area (Å²) in [5.74, 6) is 0. The smallest absolute Gasteiger partial charge is 0.0167 e. The van der Waals surface area contributed by atoms with Crippen molar-refractivity contribution in [1.82, 2.24) is 5.32 Å². The molecule has 0 saturated heterocycles. The lowest BCUT2D eigenvalue weighted by atomic mass is 10.1. The maximum Gasteiger partial charge on any atom is -0.0167 e. The molecule has 1 heteroatoms. The summed E-state index contributed by atoms with van der Waals surface area (Å²) < 4.78 is 0. The molecule has 1 N–H and O–H groups in total. The number of hydrogen-bond donors (Lipinski definition) is 1. The zero-order valence-corrected chi connectivity index (χ0v) is 16.4. The minimum atomic E-state index is 1.36. The number of rotatable bonds is 12. The van der Waals surface area contributed by atoms with Crippen LogP contribution in [0.15, 0.2) is 0 Å². The van der Waals surface area contributed by atoms with Crippen molar-refractivity contribution >= 4 is 0 Å². The van der Waals surface area contributed by atoms with Crippen molar-refractivity contribution < 1.29 is 0 Å². The van der Waals surface area contributed by atoms with Crippen molar-refractivity contribution in [1.29, 1.82) is 0 Å². The van der Waals surface area contributed by atoms with Gasteiger partial charge in [0.05, 0.1) is 0 Å². The maximum atomic E-state index is 2.75. The highest BCUT2D eigenvalue weighted by molar-refractivity contribution is 4.44. The van der Waals surface area contributed by atoms with Crippen LogP contribution in [0.25, 0.3) is 0 Å². The quantitative estimate of drug-likeness (QED) is 0.371. The molecule has 0 aromatic carbocycles. The normalized spacial score (nSPS) is 9.43. The van der Waals surface area contributed by atoms with Gasteiger partial charge in [0.1, 0.15) is 0 Å². The van der Waals surface area contributed by atoms with Crippen LogP contribution in [-0.2, 0) is 0 Å². The minimum Gasteiger partial charge on any atom is -0.323 e. The van der Waals surface area contributed by atoms with Gasteiger partial charge in [-0.15, -0.1) is 0 Å². The largest absolute Gasteiger partial charge is 0.323 e. The lowest BCUT2D eigenvalue weighted by Gasteiger charge is -1.98. The van der Waals surface area contributed by atoms with Crippen molar-refractivity contribution in [3.05, 3.63) is 0 Å². The standard InChI is InChI=1S/C11H24.C7H16.C2H7N/c1-3-5-7-9-11-10-8-6-4-2;1-3-5-7-6-4-2;1-3-2/h3-11H2,1-2H3;3-7H2,1-2H3;3H,1-2H3. The number of hydrogen-bond acceptors (Lipinski definition) is 1. The SMILES string of the molecule is CCCCCCC.CCCCCCCCCCC.CNC. The molecule has 0 bridgehead atoms. The summed E-state index contributed by atoms with van der Waals surface area (Å²) in [6.07, 6.45) is 20.0. The Balaban J connectivity index is -0.000000277. The fraction of sp³-hybridized carbons (Fsp3) is 1.00. The molecular formula is C20H47N. The van der Waals surface area contributed by atoms with E-state index < -0.39 is 0 Å². The molecule has 0 spiro atoms. The van der Waals surface area contributed by atoms with Gasteiger partial charge in [0.2, 0.25) is 0 Å². The van der Waals surface area contributed by atoms with Gasteiger partial charge in [-0.1, -0.05) is 118 Å². The molecule has 0 radical (unpaired) electrons. The van der Waals surface area contributed by atoms with E-state index in [1.807, 2.05) is 14.1 Å². The van der Waals surface area contributed by atoms with Crippen LogP contribution in [0, 0.1) is 0 Å². The Hall–Kier alpha value is -0.0400. The molecule has 21 heavy (non-hydrogen) atoms. The molecular weight excluding hydrogens is 254 g/mol. The zero-order valence-electron chi connectivity index (χ0n) is 16.4. The van der Waals surface area contributed by atoms with Crippen LogP contribution in [0.5, 0.6) is 0 Å². The van der Waals surface area contributed by atoms with Crippen LogP contribution in [0.3, 0.4) is 0 Å². The lowest BCUT2D eigenvalue weighted by molar-refractivity contribution is 0.572. The molecule has 0 saturated carbocycles. The second-order valence-electron chi connectivity index (χ2n) is 6.04. The third-order valence-electron chi connectivity index (χ3n) is 3.41. The van der Waals surface area contributed by atoms with Crippen molar-refractivity contribution in [2.45, 2.75) is 118 Å². The lowest BCUT2D eigenvalue weighted by Crippen LogP contribution is -1.89. The predicted molar refractivity (Wildman–Crippen MR) is 102 cm³/mol. The third-order valence-corrected chi connectivity index (χ3v) is 3.41. The molecule has 0 fully saturated rings. The molecule has 0 heterocycles. The molecule has 0 atom stereocenters. The summed E-state index contributed by atoms with van der Waals surface area (Å²) in [7, 11) is 3.75. The molecule has 0 aromatic rings. The van der Waals surface area contributed by atoms with E-state index >= 15 is 0 Å². The fourth-order valence-corrected chi connectivity index (χ4v) is 2.06. The molecule has 0 amide bonds. The van der Waals surface area contributed by atoms with E-state index in [-0.39, 0.29) is 0 Å². The average Bonchev–Trinajstić information content (AvgIpc) is 2.49. The summed E-state index contributed by atoms with van der Waals surface area (Å²) in [5.41, 5.74) is 0. The highest BCUT2D eigenvalue weighted by atomic mass is 14.7.